The number of rotatable bonds is 2. The van der Waals surface area contributed by atoms with Gasteiger partial charge in [-0.1, -0.05) is 54.6 Å². The number of hydrogen-bond acceptors (Lipinski definition) is 2. The van der Waals surface area contributed by atoms with E-state index in [1.807, 2.05) is 6.92 Å². The van der Waals surface area contributed by atoms with Gasteiger partial charge in [-0.3, -0.25) is 0 Å². The molecular weight excluding hydrogens is 284 g/mol. The van der Waals surface area contributed by atoms with Crippen molar-refractivity contribution >= 4 is 43.9 Å². The average Bonchev–Trinajstić information content (AvgIpc) is 2.59. The fourth-order valence-corrected chi connectivity index (χ4v) is 3.39. The van der Waals surface area contributed by atoms with E-state index in [1.165, 1.54) is 39.4 Å². The maximum Gasteiger partial charge on any atom is 0.330 e. The van der Waals surface area contributed by atoms with Crippen molar-refractivity contribution in [3.63, 3.8) is 0 Å². The van der Waals surface area contributed by atoms with Crippen LogP contribution in [0.25, 0.3) is 37.9 Å². The van der Waals surface area contributed by atoms with Crippen LogP contribution in [0.2, 0.25) is 0 Å². The van der Waals surface area contributed by atoms with Crippen molar-refractivity contribution in [3.8, 4) is 0 Å². The molecule has 0 aliphatic carbocycles. The Morgan fingerprint density at radius 1 is 0.870 bits per heavy atom. The Morgan fingerprint density at radius 2 is 1.48 bits per heavy atom. The number of carbonyl (C=O) groups is 1. The molecule has 0 aliphatic rings. The molecular formula is C21H16O2. The molecule has 112 valence electrons. The quantitative estimate of drug-likeness (QED) is 0.290. The zero-order valence-corrected chi connectivity index (χ0v) is 13.1. The van der Waals surface area contributed by atoms with Crippen molar-refractivity contribution in [2.75, 3.05) is 7.11 Å². The van der Waals surface area contributed by atoms with Gasteiger partial charge in [0.15, 0.2) is 0 Å². The van der Waals surface area contributed by atoms with Crippen molar-refractivity contribution in [3.05, 3.63) is 66.2 Å². The molecule has 0 N–H and O–H groups in total. The number of ether oxygens (including phenoxy) is 1. The summed E-state index contributed by atoms with van der Waals surface area (Å²) in [5.74, 6) is -0.326. The van der Waals surface area contributed by atoms with Gasteiger partial charge in [-0.25, -0.2) is 4.79 Å². The van der Waals surface area contributed by atoms with Gasteiger partial charge in [0.2, 0.25) is 0 Å². The maximum atomic E-state index is 11.6. The van der Waals surface area contributed by atoms with Crippen LogP contribution in [0.15, 0.2) is 60.7 Å². The summed E-state index contributed by atoms with van der Waals surface area (Å²) in [5.41, 5.74) is 1.98. The lowest BCUT2D eigenvalue weighted by Crippen LogP contribution is -1.96. The molecule has 2 heteroatoms. The number of methoxy groups -OCH3 is 1. The Morgan fingerprint density at radius 3 is 2.17 bits per heavy atom. The van der Waals surface area contributed by atoms with Gasteiger partial charge >= 0.3 is 5.97 Å². The van der Waals surface area contributed by atoms with Crippen LogP contribution < -0.4 is 0 Å². The lowest BCUT2D eigenvalue weighted by atomic mass is 9.90. The molecule has 0 spiro atoms. The third kappa shape index (κ3) is 2.07. The summed E-state index contributed by atoms with van der Waals surface area (Å²) in [6.45, 7) is 1.95. The molecule has 0 bridgehead atoms. The molecule has 2 nitrogen and oxygen atoms in total. The summed E-state index contributed by atoms with van der Waals surface area (Å²) < 4.78 is 4.75. The fourth-order valence-electron chi connectivity index (χ4n) is 3.39. The minimum absolute atomic E-state index is 0.326. The largest absolute Gasteiger partial charge is 0.466 e. The first-order valence-electron chi connectivity index (χ1n) is 7.62. The molecule has 0 unspecified atom stereocenters. The van der Waals surface area contributed by atoms with Crippen LogP contribution in [0.1, 0.15) is 12.5 Å². The van der Waals surface area contributed by atoms with E-state index in [2.05, 4.69) is 54.6 Å². The van der Waals surface area contributed by atoms with E-state index in [-0.39, 0.29) is 5.97 Å². The van der Waals surface area contributed by atoms with Crippen LogP contribution in [0.5, 0.6) is 0 Å². The van der Waals surface area contributed by atoms with Crippen molar-refractivity contribution in [2.24, 2.45) is 0 Å². The summed E-state index contributed by atoms with van der Waals surface area (Å²) in [7, 11) is 1.40. The number of carbonyl (C=O) groups excluding carboxylic acids is 1. The molecule has 4 aromatic rings. The van der Waals surface area contributed by atoms with Crippen LogP contribution in [-0.4, -0.2) is 13.1 Å². The van der Waals surface area contributed by atoms with Crippen LogP contribution in [0.3, 0.4) is 0 Å². The molecule has 0 heterocycles. The van der Waals surface area contributed by atoms with E-state index in [0.29, 0.717) is 0 Å². The zero-order chi connectivity index (χ0) is 16.0. The molecule has 23 heavy (non-hydrogen) atoms. The van der Waals surface area contributed by atoms with Gasteiger partial charge in [0.1, 0.15) is 0 Å². The Kier molecular flexibility index (Phi) is 3.05. The monoisotopic (exact) mass is 300 g/mol. The van der Waals surface area contributed by atoms with E-state index in [4.69, 9.17) is 4.74 Å². The maximum absolute atomic E-state index is 11.6. The highest BCUT2D eigenvalue weighted by Crippen LogP contribution is 2.37. The first-order chi connectivity index (χ1) is 11.2. The van der Waals surface area contributed by atoms with Crippen LogP contribution in [0, 0.1) is 0 Å². The van der Waals surface area contributed by atoms with Crippen molar-refractivity contribution in [1.29, 1.82) is 0 Å². The highest BCUT2D eigenvalue weighted by atomic mass is 16.5. The van der Waals surface area contributed by atoms with E-state index in [1.54, 1.807) is 6.08 Å². The predicted molar refractivity (Wildman–Crippen MR) is 95.8 cm³/mol. The second-order valence-electron chi connectivity index (χ2n) is 5.82. The number of hydrogen-bond donors (Lipinski definition) is 0. The second kappa shape index (κ2) is 5.10. The second-order valence-corrected chi connectivity index (χ2v) is 5.82. The first kappa shape index (κ1) is 13.8. The Labute approximate surface area is 134 Å². The molecule has 0 atom stereocenters. The zero-order valence-electron chi connectivity index (χ0n) is 13.1. The van der Waals surface area contributed by atoms with Crippen molar-refractivity contribution in [1.82, 2.24) is 0 Å². The highest BCUT2D eigenvalue weighted by molar-refractivity contribution is 6.24. The predicted octanol–water partition coefficient (Wildman–Crippen LogP) is 5.16. The SMILES string of the molecule is COC(=O)C=C(C)c1ccc2ccc3cccc4ccc1c2c34. The topological polar surface area (TPSA) is 26.3 Å². The van der Waals surface area contributed by atoms with E-state index in [9.17, 15) is 4.79 Å². The lowest BCUT2D eigenvalue weighted by molar-refractivity contribution is -0.134. The smallest absolute Gasteiger partial charge is 0.330 e. The Bertz CT molecular complexity index is 1060. The molecule has 0 saturated heterocycles. The highest BCUT2D eigenvalue weighted by Gasteiger charge is 2.11. The van der Waals surface area contributed by atoms with E-state index >= 15 is 0 Å². The molecule has 0 saturated carbocycles. The van der Waals surface area contributed by atoms with E-state index in [0.717, 1.165) is 11.1 Å². The lowest BCUT2D eigenvalue weighted by Gasteiger charge is -2.14. The number of esters is 1. The molecule has 0 fully saturated rings. The number of allylic oxidation sites excluding steroid dienone is 1. The fraction of sp³-hybridized carbons (Fsp3) is 0.0952. The summed E-state index contributed by atoms with van der Waals surface area (Å²) >= 11 is 0. The van der Waals surface area contributed by atoms with Crippen LogP contribution in [0.4, 0.5) is 0 Å². The third-order valence-corrected chi connectivity index (χ3v) is 4.49. The van der Waals surface area contributed by atoms with Gasteiger partial charge in [-0.05, 0) is 50.4 Å². The minimum Gasteiger partial charge on any atom is -0.466 e. The van der Waals surface area contributed by atoms with Gasteiger partial charge in [-0.2, -0.15) is 0 Å². The summed E-state index contributed by atoms with van der Waals surface area (Å²) in [4.78, 5) is 11.6. The van der Waals surface area contributed by atoms with Crippen LogP contribution in [-0.2, 0) is 9.53 Å². The normalized spacial score (nSPS) is 12.3. The summed E-state index contributed by atoms with van der Waals surface area (Å²) in [5, 5.41) is 7.43. The van der Waals surface area contributed by atoms with Gasteiger partial charge in [0.25, 0.3) is 0 Å². The van der Waals surface area contributed by atoms with E-state index < -0.39 is 0 Å². The summed E-state index contributed by atoms with van der Waals surface area (Å²) in [6, 6.07) is 19.2. The molecule has 4 rings (SSSR count). The summed E-state index contributed by atoms with van der Waals surface area (Å²) in [6.07, 6.45) is 1.55. The van der Waals surface area contributed by atoms with Gasteiger partial charge in [0.05, 0.1) is 7.11 Å². The standard InChI is InChI=1S/C21H16O2/c1-13(12-19(22)23-2)17-10-8-16-7-6-14-4-3-5-15-9-11-18(17)21(16)20(14)15/h3-12H,1-2H3. The molecule has 0 aliphatic heterocycles. The van der Waals surface area contributed by atoms with Crippen LogP contribution >= 0.6 is 0 Å². The first-order valence-corrected chi connectivity index (χ1v) is 7.62. The van der Waals surface area contributed by atoms with Gasteiger partial charge in [-0.15, -0.1) is 0 Å². The molecule has 0 aromatic heterocycles. The van der Waals surface area contributed by atoms with Crippen molar-refractivity contribution < 1.29 is 9.53 Å². The number of benzene rings is 4. The average molecular weight is 300 g/mol. The Hall–Kier alpha value is -2.87. The molecule has 4 aromatic carbocycles. The molecule has 0 radical (unpaired) electrons. The van der Waals surface area contributed by atoms with Gasteiger partial charge in [0, 0.05) is 6.08 Å². The Balaban J connectivity index is 2.11. The van der Waals surface area contributed by atoms with Gasteiger partial charge < -0.3 is 4.74 Å². The minimum atomic E-state index is -0.326. The van der Waals surface area contributed by atoms with Crippen molar-refractivity contribution in [2.45, 2.75) is 6.92 Å². The third-order valence-electron chi connectivity index (χ3n) is 4.49. The molecule has 0 amide bonds.